The van der Waals surface area contributed by atoms with E-state index < -0.39 is 0 Å². The van der Waals surface area contributed by atoms with Crippen LogP contribution >= 0.6 is 15.9 Å². The zero-order valence-electron chi connectivity index (χ0n) is 10.7. The van der Waals surface area contributed by atoms with Gasteiger partial charge in [0, 0.05) is 16.6 Å². The number of benzene rings is 1. The predicted molar refractivity (Wildman–Crippen MR) is 76.4 cm³/mol. The fourth-order valence-corrected chi connectivity index (χ4v) is 2.93. The summed E-state index contributed by atoms with van der Waals surface area (Å²) in [6.07, 6.45) is 2.16. The fraction of sp³-hybridized carbons (Fsp3) is 0.500. The summed E-state index contributed by atoms with van der Waals surface area (Å²) in [5, 5.41) is 0. The van der Waals surface area contributed by atoms with Crippen LogP contribution < -0.4 is 4.90 Å². The minimum Gasteiger partial charge on any atom is -0.375 e. The van der Waals surface area contributed by atoms with Crippen molar-refractivity contribution in [1.29, 1.82) is 0 Å². The van der Waals surface area contributed by atoms with E-state index in [4.69, 9.17) is 4.74 Å². The minimum atomic E-state index is 0.241. The summed E-state index contributed by atoms with van der Waals surface area (Å²) in [5.74, 6) is 0. The van der Waals surface area contributed by atoms with E-state index in [1.807, 2.05) is 18.2 Å². The Morgan fingerprint density at radius 1 is 1.56 bits per heavy atom. The molecule has 18 heavy (non-hydrogen) atoms. The van der Waals surface area contributed by atoms with Crippen molar-refractivity contribution in [2.24, 2.45) is 0 Å². The van der Waals surface area contributed by atoms with E-state index in [2.05, 4.69) is 34.7 Å². The Balaban J connectivity index is 2.30. The molecule has 2 rings (SSSR count). The van der Waals surface area contributed by atoms with E-state index in [-0.39, 0.29) is 6.10 Å². The fourth-order valence-electron chi connectivity index (χ4n) is 2.31. The average Bonchev–Trinajstić information content (AvgIpc) is 2.38. The number of carbonyl (C=O) groups excluding carboxylic acids is 1. The number of rotatable bonds is 3. The van der Waals surface area contributed by atoms with E-state index in [0.29, 0.717) is 11.6 Å². The summed E-state index contributed by atoms with van der Waals surface area (Å²) in [4.78, 5) is 13.1. The van der Waals surface area contributed by atoms with Gasteiger partial charge in [-0.25, -0.2) is 0 Å². The second kappa shape index (κ2) is 5.85. The molecule has 1 aromatic carbocycles. The maximum Gasteiger partial charge on any atom is 0.150 e. The van der Waals surface area contributed by atoms with Crippen LogP contribution in [0.5, 0.6) is 0 Å². The molecule has 1 aliphatic heterocycles. The van der Waals surface area contributed by atoms with Gasteiger partial charge in [-0.05, 0) is 47.5 Å². The molecule has 4 heteroatoms. The highest BCUT2D eigenvalue weighted by Crippen LogP contribution is 2.31. The molecule has 1 fully saturated rings. The van der Waals surface area contributed by atoms with Gasteiger partial charge in [-0.15, -0.1) is 0 Å². The van der Waals surface area contributed by atoms with Crippen molar-refractivity contribution in [3.05, 3.63) is 28.2 Å². The van der Waals surface area contributed by atoms with Crippen LogP contribution in [-0.2, 0) is 4.74 Å². The maximum atomic E-state index is 10.8. The molecular weight excluding hydrogens is 294 g/mol. The maximum absolute atomic E-state index is 10.8. The Bertz CT molecular complexity index is 436. The van der Waals surface area contributed by atoms with Crippen LogP contribution in [0.1, 0.15) is 30.6 Å². The third kappa shape index (κ3) is 2.75. The van der Waals surface area contributed by atoms with Crippen LogP contribution in [0, 0.1) is 0 Å². The third-order valence-electron chi connectivity index (χ3n) is 3.36. The third-order valence-corrected chi connectivity index (χ3v) is 3.99. The van der Waals surface area contributed by atoms with Gasteiger partial charge in [0.15, 0.2) is 0 Å². The molecule has 1 aliphatic rings. The summed E-state index contributed by atoms with van der Waals surface area (Å²) in [5.41, 5.74) is 1.84. The molecular formula is C14H18BrNO2. The van der Waals surface area contributed by atoms with Crippen molar-refractivity contribution in [1.82, 2.24) is 0 Å². The number of hydrogen-bond acceptors (Lipinski definition) is 3. The van der Waals surface area contributed by atoms with Gasteiger partial charge in [0.25, 0.3) is 0 Å². The van der Waals surface area contributed by atoms with Crippen molar-refractivity contribution in [2.45, 2.75) is 32.4 Å². The molecule has 0 N–H and O–H groups in total. The van der Waals surface area contributed by atoms with E-state index in [1.54, 1.807) is 0 Å². The largest absolute Gasteiger partial charge is 0.375 e. The molecule has 0 amide bonds. The Morgan fingerprint density at radius 3 is 2.94 bits per heavy atom. The number of ether oxygens (including phenoxy) is 1. The highest BCUT2D eigenvalue weighted by atomic mass is 79.9. The molecule has 0 bridgehead atoms. The summed E-state index contributed by atoms with van der Waals surface area (Å²) >= 11 is 3.56. The lowest BCUT2D eigenvalue weighted by atomic mass is 10.1. The quantitative estimate of drug-likeness (QED) is 0.802. The molecule has 1 heterocycles. The molecule has 0 aliphatic carbocycles. The predicted octanol–water partition coefficient (Wildman–Crippen LogP) is 3.27. The molecule has 0 saturated carbocycles. The number of anilines is 1. The van der Waals surface area contributed by atoms with Gasteiger partial charge < -0.3 is 9.64 Å². The number of nitrogens with zero attached hydrogens (tertiary/aromatic N) is 1. The van der Waals surface area contributed by atoms with E-state index >= 15 is 0 Å². The van der Waals surface area contributed by atoms with Crippen LogP contribution in [0.15, 0.2) is 22.7 Å². The van der Waals surface area contributed by atoms with Gasteiger partial charge in [0.05, 0.1) is 24.4 Å². The van der Waals surface area contributed by atoms with Crippen molar-refractivity contribution in [2.75, 3.05) is 18.1 Å². The number of carbonyl (C=O) groups is 1. The number of aldehydes is 1. The summed E-state index contributed by atoms with van der Waals surface area (Å²) < 4.78 is 6.68. The molecule has 98 valence electrons. The van der Waals surface area contributed by atoms with Crippen LogP contribution in [0.25, 0.3) is 0 Å². The first-order valence-corrected chi connectivity index (χ1v) is 7.08. The number of halogens is 1. The molecule has 2 unspecified atom stereocenters. The molecule has 3 nitrogen and oxygen atoms in total. The lowest BCUT2D eigenvalue weighted by Crippen LogP contribution is -2.48. The average molecular weight is 312 g/mol. The second-order valence-corrected chi connectivity index (χ2v) is 5.54. The Labute approximate surface area is 116 Å². The van der Waals surface area contributed by atoms with Crippen molar-refractivity contribution in [3.63, 3.8) is 0 Å². The summed E-state index contributed by atoms with van der Waals surface area (Å²) in [7, 11) is 0. The van der Waals surface area contributed by atoms with E-state index in [9.17, 15) is 4.79 Å². The van der Waals surface area contributed by atoms with Gasteiger partial charge in [0.2, 0.25) is 0 Å². The minimum absolute atomic E-state index is 0.241. The number of morpholine rings is 1. The van der Waals surface area contributed by atoms with E-state index in [0.717, 1.165) is 36.0 Å². The molecule has 2 atom stereocenters. The van der Waals surface area contributed by atoms with Crippen LogP contribution in [0.3, 0.4) is 0 Å². The standard InChI is InChI=1S/C14H18BrNO2/c1-3-12-9-18-10(2)7-16(12)14-5-4-11(8-17)6-13(14)15/h4-6,8,10,12H,3,7,9H2,1-2H3. The van der Waals surface area contributed by atoms with E-state index in [1.165, 1.54) is 0 Å². The SMILES string of the molecule is CCC1COC(C)CN1c1ccc(C=O)cc1Br. The highest BCUT2D eigenvalue weighted by Gasteiger charge is 2.26. The van der Waals surface area contributed by atoms with Gasteiger partial charge in [-0.3, -0.25) is 4.79 Å². The lowest BCUT2D eigenvalue weighted by molar-refractivity contribution is 0.0299. The Hall–Kier alpha value is -0.870. The lowest BCUT2D eigenvalue weighted by Gasteiger charge is -2.40. The zero-order chi connectivity index (χ0) is 13.1. The topological polar surface area (TPSA) is 29.5 Å². The van der Waals surface area contributed by atoms with Gasteiger partial charge in [-0.2, -0.15) is 0 Å². The first kappa shape index (κ1) is 13.6. The van der Waals surface area contributed by atoms with Crippen LogP contribution in [0.2, 0.25) is 0 Å². The highest BCUT2D eigenvalue weighted by molar-refractivity contribution is 9.10. The molecule has 0 aromatic heterocycles. The molecule has 0 radical (unpaired) electrons. The smallest absolute Gasteiger partial charge is 0.150 e. The Morgan fingerprint density at radius 2 is 2.33 bits per heavy atom. The van der Waals surface area contributed by atoms with Crippen LogP contribution in [-0.4, -0.2) is 31.6 Å². The summed E-state index contributed by atoms with van der Waals surface area (Å²) in [6.45, 7) is 5.91. The second-order valence-electron chi connectivity index (χ2n) is 4.69. The van der Waals surface area contributed by atoms with Crippen molar-refractivity contribution < 1.29 is 9.53 Å². The Kier molecular flexibility index (Phi) is 4.40. The van der Waals surface area contributed by atoms with Gasteiger partial charge >= 0.3 is 0 Å². The number of hydrogen-bond donors (Lipinski definition) is 0. The normalized spacial score (nSPS) is 24.1. The molecule has 1 aromatic rings. The van der Waals surface area contributed by atoms with Crippen LogP contribution in [0.4, 0.5) is 5.69 Å². The monoisotopic (exact) mass is 311 g/mol. The van der Waals surface area contributed by atoms with Gasteiger partial charge in [-0.1, -0.05) is 6.92 Å². The first-order valence-electron chi connectivity index (χ1n) is 6.28. The summed E-state index contributed by atoms with van der Waals surface area (Å²) in [6, 6.07) is 6.14. The molecule has 0 spiro atoms. The first-order chi connectivity index (χ1) is 8.65. The van der Waals surface area contributed by atoms with Crippen molar-refractivity contribution >= 4 is 27.9 Å². The van der Waals surface area contributed by atoms with Gasteiger partial charge in [0.1, 0.15) is 6.29 Å². The zero-order valence-corrected chi connectivity index (χ0v) is 12.3. The van der Waals surface area contributed by atoms with Crippen molar-refractivity contribution in [3.8, 4) is 0 Å². The molecule has 1 saturated heterocycles.